The molecule has 1 N–H and O–H groups in total. The Bertz CT molecular complexity index is 1210. The predicted molar refractivity (Wildman–Crippen MR) is 130 cm³/mol. The molecular formula is C26H28F4N2O7. The van der Waals surface area contributed by atoms with E-state index in [1.54, 1.807) is 51.1 Å². The van der Waals surface area contributed by atoms with Crippen LogP contribution in [0.4, 0.5) is 28.0 Å². The van der Waals surface area contributed by atoms with E-state index in [2.05, 4.69) is 10.1 Å². The summed E-state index contributed by atoms with van der Waals surface area (Å²) in [5, 5.41) is 2.52. The van der Waals surface area contributed by atoms with Crippen LogP contribution < -0.4 is 19.7 Å². The van der Waals surface area contributed by atoms with Gasteiger partial charge in [0.15, 0.2) is 5.82 Å². The summed E-state index contributed by atoms with van der Waals surface area (Å²) in [5.41, 5.74) is -1.35. The summed E-state index contributed by atoms with van der Waals surface area (Å²) in [7, 11) is 0.912. The largest absolute Gasteiger partial charge is 0.491 e. The molecule has 212 valence electrons. The number of anilines is 1. The molecule has 39 heavy (non-hydrogen) atoms. The van der Waals surface area contributed by atoms with Crippen LogP contribution in [0.25, 0.3) is 0 Å². The maximum atomic E-state index is 16.1. The monoisotopic (exact) mass is 556 g/mol. The first kappa shape index (κ1) is 29.5. The normalized spacial score (nSPS) is 14.9. The summed E-state index contributed by atoms with van der Waals surface area (Å²) in [6, 6.07) is 8.82. The number of nitrogens with zero attached hydrogens (tertiary/aromatic N) is 1. The fraction of sp³-hybridized carbons (Fsp3) is 0.423. The van der Waals surface area contributed by atoms with Crippen LogP contribution >= 0.6 is 0 Å². The minimum absolute atomic E-state index is 0.0565. The Morgan fingerprint density at radius 1 is 1.13 bits per heavy atom. The number of hydrogen-bond acceptors (Lipinski definition) is 7. The first-order valence-corrected chi connectivity index (χ1v) is 11.8. The molecule has 1 aliphatic rings. The summed E-state index contributed by atoms with van der Waals surface area (Å²) in [5.74, 6) is -5.53. The molecule has 0 saturated carbocycles. The maximum absolute atomic E-state index is 16.1. The molecule has 0 radical (unpaired) electrons. The van der Waals surface area contributed by atoms with Gasteiger partial charge in [-0.25, -0.2) is 9.18 Å². The van der Waals surface area contributed by atoms with Crippen molar-refractivity contribution in [3.8, 4) is 11.5 Å². The number of alkyl carbamates (subject to hydrolysis) is 1. The van der Waals surface area contributed by atoms with Gasteiger partial charge in [-0.2, -0.15) is 13.2 Å². The molecule has 1 atom stereocenters. The highest BCUT2D eigenvalue weighted by Gasteiger charge is 2.46. The average molecular weight is 557 g/mol. The highest BCUT2D eigenvalue weighted by atomic mass is 19.4. The minimum Gasteiger partial charge on any atom is -0.491 e. The number of fused-ring (bicyclic) bond motifs is 1. The van der Waals surface area contributed by atoms with Gasteiger partial charge in [0.25, 0.3) is 0 Å². The molecule has 1 aliphatic heterocycles. The molecule has 13 heteroatoms. The summed E-state index contributed by atoms with van der Waals surface area (Å²) in [4.78, 5) is 36.5. The van der Waals surface area contributed by atoms with Crippen LogP contribution in [-0.2, 0) is 32.1 Å². The van der Waals surface area contributed by atoms with Gasteiger partial charge < -0.3 is 24.3 Å². The van der Waals surface area contributed by atoms with E-state index in [1.165, 1.54) is 0 Å². The molecule has 9 nitrogen and oxygen atoms in total. The van der Waals surface area contributed by atoms with Crippen molar-refractivity contribution < 1.29 is 50.9 Å². The number of nitrogens with one attached hydrogen (secondary N) is 1. The Hall–Kier alpha value is -4.03. The van der Waals surface area contributed by atoms with E-state index in [4.69, 9.17) is 14.2 Å². The summed E-state index contributed by atoms with van der Waals surface area (Å²) in [6.07, 6.45) is -6.47. The van der Waals surface area contributed by atoms with Gasteiger partial charge >= 0.3 is 24.1 Å². The lowest BCUT2D eigenvalue weighted by atomic mass is 10.00. The Labute approximate surface area is 222 Å². The average Bonchev–Trinajstić information content (AvgIpc) is 2.85. The number of rotatable bonds is 7. The molecule has 2 aromatic rings. The Morgan fingerprint density at radius 2 is 1.79 bits per heavy atom. The number of hydrogen-bond donors (Lipinski definition) is 1. The number of halogens is 4. The van der Waals surface area contributed by atoms with Crippen LogP contribution in [-0.4, -0.2) is 56.1 Å². The molecule has 0 aliphatic carbocycles. The fourth-order valence-corrected chi connectivity index (χ4v) is 3.71. The predicted octanol–water partition coefficient (Wildman–Crippen LogP) is 4.30. The van der Waals surface area contributed by atoms with Crippen molar-refractivity contribution in [2.75, 3.05) is 25.2 Å². The maximum Gasteiger partial charge on any atom is 0.471 e. The second-order valence-corrected chi connectivity index (χ2v) is 9.61. The lowest BCUT2D eigenvalue weighted by molar-refractivity contribution is -0.171. The lowest BCUT2D eigenvalue weighted by Gasteiger charge is -2.31. The van der Waals surface area contributed by atoms with Gasteiger partial charge in [-0.05, 0) is 26.3 Å². The van der Waals surface area contributed by atoms with Crippen LogP contribution in [0.5, 0.6) is 11.5 Å². The minimum atomic E-state index is -5.45. The smallest absolute Gasteiger partial charge is 0.471 e. The van der Waals surface area contributed by atoms with E-state index in [-0.39, 0.29) is 35.8 Å². The second kappa shape index (κ2) is 11.8. The van der Waals surface area contributed by atoms with Crippen LogP contribution in [0.3, 0.4) is 0 Å². The topological polar surface area (TPSA) is 103 Å². The zero-order valence-corrected chi connectivity index (χ0v) is 21.7. The fourth-order valence-electron chi connectivity index (χ4n) is 3.71. The van der Waals surface area contributed by atoms with Crippen molar-refractivity contribution in [3.05, 3.63) is 53.3 Å². The van der Waals surface area contributed by atoms with Crippen molar-refractivity contribution in [3.63, 3.8) is 0 Å². The number of esters is 1. The van der Waals surface area contributed by atoms with E-state index >= 15 is 4.39 Å². The number of alkyl halides is 3. The van der Waals surface area contributed by atoms with Crippen LogP contribution in [0.2, 0.25) is 0 Å². The summed E-state index contributed by atoms with van der Waals surface area (Å²) in [6.45, 7) is 3.41. The van der Waals surface area contributed by atoms with E-state index in [0.29, 0.717) is 5.56 Å². The van der Waals surface area contributed by atoms with Gasteiger partial charge in [-0.1, -0.05) is 30.3 Å². The van der Waals surface area contributed by atoms with Gasteiger partial charge in [-0.3, -0.25) is 14.5 Å². The molecule has 2 aromatic carbocycles. The van der Waals surface area contributed by atoms with Crippen molar-refractivity contribution in [2.24, 2.45) is 0 Å². The number of carbonyl (C=O) groups excluding carboxylic acids is 3. The van der Waals surface area contributed by atoms with E-state index in [1.807, 2.05) is 0 Å². The van der Waals surface area contributed by atoms with E-state index in [9.17, 15) is 27.6 Å². The third kappa shape index (κ3) is 7.74. The lowest BCUT2D eigenvalue weighted by Crippen LogP contribution is -2.46. The van der Waals surface area contributed by atoms with Crippen LogP contribution in [0.15, 0.2) is 36.4 Å². The third-order valence-corrected chi connectivity index (χ3v) is 5.39. The second-order valence-electron chi connectivity index (χ2n) is 9.61. The molecule has 3 rings (SSSR count). The highest BCUT2D eigenvalue weighted by Crippen LogP contribution is 2.42. The van der Waals surface area contributed by atoms with Crippen molar-refractivity contribution in [1.29, 1.82) is 0 Å². The molecule has 0 spiro atoms. The van der Waals surface area contributed by atoms with Crippen molar-refractivity contribution in [1.82, 2.24) is 5.32 Å². The number of carbonyl (C=O) groups is 3. The molecule has 1 heterocycles. The summed E-state index contributed by atoms with van der Waals surface area (Å²) >= 11 is 0. The van der Waals surface area contributed by atoms with E-state index in [0.717, 1.165) is 13.2 Å². The van der Waals surface area contributed by atoms with Crippen LogP contribution in [0, 0.1) is 5.82 Å². The first-order chi connectivity index (χ1) is 18.2. The van der Waals surface area contributed by atoms with Gasteiger partial charge in [0.1, 0.15) is 42.5 Å². The zero-order chi connectivity index (χ0) is 29.0. The van der Waals surface area contributed by atoms with Crippen LogP contribution in [0.1, 0.15) is 31.9 Å². The molecule has 0 bridgehead atoms. The molecular weight excluding hydrogens is 528 g/mol. The molecule has 0 aromatic heterocycles. The molecule has 2 amide bonds. The Balaban J connectivity index is 2.05. The molecule has 0 unspecified atom stereocenters. The number of ether oxygens (including phenoxy) is 4. The molecule has 0 saturated heterocycles. The Kier molecular flexibility index (Phi) is 8.92. The standard InChI is InChI=1S/C26H28F4N2O7/c1-25(2,3)39-24(35)31-16-10-17-18(38-14-16)11-19(37-13-15-8-6-5-7-9-15)22(21(17)27)32(12-20(33)36-4)23(34)26(28,29)30/h5-9,11,16H,10,12-14H2,1-4H3,(H,31,35)/t16-/m0/s1. The molecule has 0 fully saturated rings. The number of amides is 2. The Morgan fingerprint density at radius 3 is 2.38 bits per heavy atom. The summed E-state index contributed by atoms with van der Waals surface area (Å²) < 4.78 is 77.6. The van der Waals surface area contributed by atoms with Crippen molar-refractivity contribution in [2.45, 2.75) is 51.6 Å². The van der Waals surface area contributed by atoms with E-state index < -0.39 is 59.6 Å². The quantitative estimate of drug-likeness (QED) is 0.401. The van der Waals surface area contributed by atoms with Gasteiger partial charge in [0, 0.05) is 18.1 Å². The highest BCUT2D eigenvalue weighted by molar-refractivity contribution is 6.02. The first-order valence-electron chi connectivity index (χ1n) is 11.8. The van der Waals surface area contributed by atoms with Gasteiger partial charge in [-0.15, -0.1) is 0 Å². The zero-order valence-electron chi connectivity index (χ0n) is 21.7. The SMILES string of the molecule is COC(=O)CN(C(=O)C(F)(F)F)c1c(OCc2ccccc2)cc2c(c1F)C[C@H](NC(=O)OC(C)(C)C)CO2. The number of benzene rings is 2. The third-order valence-electron chi connectivity index (χ3n) is 5.39. The van der Waals surface area contributed by atoms with Gasteiger partial charge in [0.05, 0.1) is 13.2 Å². The van der Waals surface area contributed by atoms with Crippen molar-refractivity contribution >= 4 is 23.7 Å². The number of methoxy groups -OCH3 is 1. The van der Waals surface area contributed by atoms with Gasteiger partial charge in [0.2, 0.25) is 0 Å².